The number of benzene rings is 2. The third-order valence-corrected chi connectivity index (χ3v) is 3.92. The molecule has 2 aromatic carbocycles. The third-order valence-electron chi connectivity index (χ3n) is 3.92. The van der Waals surface area contributed by atoms with E-state index in [-0.39, 0.29) is 12.4 Å². The number of ether oxygens (including phenoxy) is 2. The van der Waals surface area contributed by atoms with E-state index in [1.807, 2.05) is 31.2 Å². The van der Waals surface area contributed by atoms with Crippen molar-refractivity contribution in [2.75, 3.05) is 13.7 Å². The van der Waals surface area contributed by atoms with Gasteiger partial charge in [-0.2, -0.15) is 0 Å². The summed E-state index contributed by atoms with van der Waals surface area (Å²) in [7, 11) is 1.64. The Morgan fingerprint density at radius 1 is 1.19 bits per heavy atom. The molecule has 0 atom stereocenters. The van der Waals surface area contributed by atoms with Gasteiger partial charge in [0.1, 0.15) is 0 Å². The molecule has 2 rings (SSSR count). The molecule has 0 bridgehead atoms. The molecular weight excluding hydrogens is 366 g/mol. The number of carboxylic acids is 1. The van der Waals surface area contributed by atoms with Crippen molar-refractivity contribution < 1.29 is 19.4 Å². The molecule has 0 saturated heterocycles. The molecule has 0 unspecified atom stereocenters. The summed E-state index contributed by atoms with van der Waals surface area (Å²) in [4.78, 5) is 10.9. The molecule has 27 heavy (non-hydrogen) atoms. The third kappa shape index (κ3) is 6.31. The van der Waals surface area contributed by atoms with Gasteiger partial charge < -0.3 is 19.9 Å². The standard InChI is InChI=1S/C21H25NO4.ClH/c1-4-6-18-11-16(12-19(25-3)20(18)26-5-2)14-22-13-15-7-9-17(10-8-15)21(23)24;/h4,7-12,22H,1,5-6,13-14H2,2-3H3,(H,23,24);1H. The van der Waals surface area contributed by atoms with E-state index in [2.05, 4.69) is 18.0 Å². The van der Waals surface area contributed by atoms with Crippen LogP contribution in [-0.2, 0) is 19.5 Å². The van der Waals surface area contributed by atoms with Crippen LogP contribution in [-0.4, -0.2) is 24.8 Å². The first kappa shape index (κ1) is 22.5. The van der Waals surface area contributed by atoms with Gasteiger partial charge in [-0.3, -0.25) is 0 Å². The molecule has 0 saturated carbocycles. The fraction of sp³-hybridized carbons (Fsp3) is 0.286. The number of rotatable bonds is 10. The van der Waals surface area contributed by atoms with Crippen molar-refractivity contribution in [2.24, 2.45) is 0 Å². The van der Waals surface area contributed by atoms with Crippen LogP contribution in [0.4, 0.5) is 0 Å². The van der Waals surface area contributed by atoms with Crippen LogP contribution in [0, 0.1) is 0 Å². The van der Waals surface area contributed by atoms with Gasteiger partial charge in [0.25, 0.3) is 0 Å². The highest BCUT2D eigenvalue weighted by Gasteiger charge is 2.12. The lowest BCUT2D eigenvalue weighted by Gasteiger charge is -2.16. The maximum absolute atomic E-state index is 10.9. The van der Waals surface area contributed by atoms with E-state index in [0.29, 0.717) is 37.4 Å². The summed E-state index contributed by atoms with van der Waals surface area (Å²) in [5.41, 5.74) is 3.45. The molecule has 0 aliphatic rings. The van der Waals surface area contributed by atoms with E-state index in [1.54, 1.807) is 19.2 Å². The minimum absolute atomic E-state index is 0. The Hall–Kier alpha value is -2.50. The van der Waals surface area contributed by atoms with Crippen LogP contribution in [0.15, 0.2) is 49.1 Å². The van der Waals surface area contributed by atoms with E-state index in [4.69, 9.17) is 14.6 Å². The summed E-state index contributed by atoms with van der Waals surface area (Å²) >= 11 is 0. The van der Waals surface area contributed by atoms with Gasteiger partial charge in [0, 0.05) is 18.7 Å². The molecule has 0 spiro atoms. The van der Waals surface area contributed by atoms with Crippen LogP contribution >= 0.6 is 12.4 Å². The minimum atomic E-state index is -0.916. The molecule has 0 heterocycles. The Balaban J connectivity index is 0.00000364. The van der Waals surface area contributed by atoms with Gasteiger partial charge in [-0.05, 0) is 42.7 Å². The van der Waals surface area contributed by atoms with Crippen LogP contribution in [0.25, 0.3) is 0 Å². The smallest absolute Gasteiger partial charge is 0.335 e. The largest absolute Gasteiger partial charge is 0.493 e. The van der Waals surface area contributed by atoms with Crippen LogP contribution < -0.4 is 14.8 Å². The number of nitrogens with one attached hydrogen (secondary N) is 1. The number of hydrogen-bond acceptors (Lipinski definition) is 4. The highest BCUT2D eigenvalue weighted by molar-refractivity contribution is 5.87. The van der Waals surface area contributed by atoms with Crippen molar-refractivity contribution >= 4 is 18.4 Å². The van der Waals surface area contributed by atoms with Crippen molar-refractivity contribution in [2.45, 2.75) is 26.4 Å². The second kappa shape index (κ2) is 11.3. The molecule has 0 amide bonds. The van der Waals surface area contributed by atoms with Gasteiger partial charge in [-0.15, -0.1) is 19.0 Å². The fourth-order valence-electron chi connectivity index (χ4n) is 2.71. The van der Waals surface area contributed by atoms with Crippen molar-refractivity contribution in [3.63, 3.8) is 0 Å². The number of carbonyl (C=O) groups is 1. The van der Waals surface area contributed by atoms with Gasteiger partial charge in [0.2, 0.25) is 0 Å². The quantitative estimate of drug-likeness (QED) is 0.593. The fourth-order valence-corrected chi connectivity index (χ4v) is 2.71. The van der Waals surface area contributed by atoms with Crippen molar-refractivity contribution in [3.8, 4) is 11.5 Å². The van der Waals surface area contributed by atoms with Crippen LogP contribution in [0.3, 0.4) is 0 Å². The highest BCUT2D eigenvalue weighted by atomic mass is 35.5. The Morgan fingerprint density at radius 3 is 2.41 bits per heavy atom. The van der Waals surface area contributed by atoms with Crippen LogP contribution in [0.5, 0.6) is 11.5 Å². The van der Waals surface area contributed by atoms with E-state index in [9.17, 15) is 4.79 Å². The van der Waals surface area contributed by atoms with E-state index in [1.165, 1.54) is 0 Å². The monoisotopic (exact) mass is 391 g/mol. The zero-order valence-electron chi connectivity index (χ0n) is 15.7. The number of hydrogen-bond donors (Lipinski definition) is 2. The summed E-state index contributed by atoms with van der Waals surface area (Å²) in [6.45, 7) is 7.64. The van der Waals surface area contributed by atoms with Crippen molar-refractivity contribution in [1.82, 2.24) is 5.32 Å². The van der Waals surface area contributed by atoms with E-state index in [0.717, 1.165) is 22.4 Å². The van der Waals surface area contributed by atoms with Gasteiger partial charge >= 0.3 is 5.97 Å². The Morgan fingerprint density at radius 2 is 1.85 bits per heavy atom. The first-order chi connectivity index (χ1) is 12.6. The average Bonchev–Trinajstić information content (AvgIpc) is 2.64. The lowest BCUT2D eigenvalue weighted by atomic mass is 10.1. The molecule has 6 heteroatoms. The summed E-state index contributed by atoms with van der Waals surface area (Å²) in [5.74, 6) is 0.567. The molecular formula is C21H26ClNO4. The van der Waals surface area contributed by atoms with Gasteiger partial charge in [0.05, 0.1) is 19.3 Å². The maximum atomic E-state index is 10.9. The molecule has 0 aliphatic carbocycles. The number of allylic oxidation sites excluding steroid dienone is 1. The molecule has 2 N–H and O–H groups in total. The molecule has 5 nitrogen and oxygen atoms in total. The summed E-state index contributed by atoms with van der Waals surface area (Å²) in [6, 6.07) is 10.9. The van der Waals surface area contributed by atoms with Gasteiger partial charge in [-0.1, -0.05) is 24.3 Å². The first-order valence-electron chi connectivity index (χ1n) is 8.55. The lowest BCUT2D eigenvalue weighted by molar-refractivity contribution is 0.0697. The molecule has 146 valence electrons. The van der Waals surface area contributed by atoms with Gasteiger partial charge in [0.15, 0.2) is 11.5 Å². The second-order valence-corrected chi connectivity index (χ2v) is 5.82. The summed E-state index contributed by atoms with van der Waals surface area (Å²) in [5, 5.41) is 12.3. The predicted molar refractivity (Wildman–Crippen MR) is 109 cm³/mol. The SMILES string of the molecule is C=CCc1cc(CNCc2ccc(C(=O)O)cc2)cc(OC)c1OCC.Cl. The number of aromatic carboxylic acids is 1. The zero-order chi connectivity index (χ0) is 18.9. The van der Waals surface area contributed by atoms with Crippen LogP contribution in [0.1, 0.15) is 34.0 Å². The topological polar surface area (TPSA) is 67.8 Å². The average molecular weight is 392 g/mol. The Labute approximate surface area is 166 Å². The maximum Gasteiger partial charge on any atom is 0.335 e. The molecule has 2 aromatic rings. The minimum Gasteiger partial charge on any atom is -0.493 e. The lowest BCUT2D eigenvalue weighted by Crippen LogP contribution is -2.13. The molecule has 0 aromatic heterocycles. The number of halogens is 1. The Bertz CT molecular complexity index is 760. The number of carboxylic acid groups (broad SMARTS) is 1. The number of methoxy groups -OCH3 is 1. The summed E-state index contributed by atoms with van der Waals surface area (Å²) < 4.78 is 11.2. The molecule has 0 fully saturated rings. The highest BCUT2D eigenvalue weighted by Crippen LogP contribution is 2.33. The van der Waals surface area contributed by atoms with Gasteiger partial charge in [-0.25, -0.2) is 4.79 Å². The molecule has 0 radical (unpaired) electrons. The van der Waals surface area contributed by atoms with Crippen LogP contribution in [0.2, 0.25) is 0 Å². The normalized spacial score (nSPS) is 10.0. The van der Waals surface area contributed by atoms with E-state index < -0.39 is 5.97 Å². The summed E-state index contributed by atoms with van der Waals surface area (Å²) in [6.07, 6.45) is 2.55. The first-order valence-corrected chi connectivity index (χ1v) is 8.55. The van der Waals surface area contributed by atoms with Crippen molar-refractivity contribution in [1.29, 1.82) is 0 Å². The zero-order valence-corrected chi connectivity index (χ0v) is 16.5. The van der Waals surface area contributed by atoms with E-state index >= 15 is 0 Å². The Kier molecular flexibility index (Phi) is 9.40. The molecule has 0 aliphatic heterocycles. The predicted octanol–water partition coefficient (Wildman–Crippen LogP) is 4.23. The van der Waals surface area contributed by atoms with Crippen molar-refractivity contribution in [3.05, 3.63) is 71.3 Å². The second-order valence-electron chi connectivity index (χ2n) is 5.82.